The molecule has 5 aromatic carbocycles. The van der Waals surface area contributed by atoms with Gasteiger partial charge in [-0.2, -0.15) is 0 Å². The van der Waals surface area contributed by atoms with E-state index in [-0.39, 0.29) is 0 Å². The van der Waals surface area contributed by atoms with Crippen LogP contribution in [0.5, 0.6) is 11.5 Å². The van der Waals surface area contributed by atoms with Gasteiger partial charge in [-0.05, 0) is 64.9 Å². The summed E-state index contributed by atoms with van der Waals surface area (Å²) in [5.41, 5.74) is 1.18. The predicted molar refractivity (Wildman–Crippen MR) is 136 cm³/mol. The minimum Gasteiger partial charge on any atom is -0.507 e. The Morgan fingerprint density at radius 1 is 0.613 bits per heavy atom. The molecule has 154 valence electrons. The Kier molecular flexibility index (Phi) is 6.90. The molecule has 0 amide bonds. The van der Waals surface area contributed by atoms with E-state index in [1.54, 1.807) is 6.07 Å². The number of fused-ring (bicyclic) bond motifs is 2. The number of ether oxygens (including phenoxy) is 1. The number of halogens is 2. The lowest BCUT2D eigenvalue weighted by Crippen LogP contribution is -1.95. The summed E-state index contributed by atoms with van der Waals surface area (Å²) in [5.74, 6) is 1.26. The van der Waals surface area contributed by atoms with Crippen molar-refractivity contribution in [2.45, 2.75) is 6.61 Å². The number of aromatic hydroxyl groups is 1. The van der Waals surface area contributed by atoms with Crippen molar-refractivity contribution in [3.63, 3.8) is 0 Å². The first-order valence-electron chi connectivity index (χ1n) is 9.82. The summed E-state index contributed by atoms with van der Waals surface area (Å²) in [6.07, 6.45) is 0. The molecule has 1 N–H and O–H groups in total. The van der Waals surface area contributed by atoms with E-state index in [1.165, 1.54) is 10.9 Å². The fraction of sp³-hybridized carbons (Fsp3) is 0.0370. The van der Waals surface area contributed by atoms with Crippen LogP contribution in [-0.2, 0) is 6.61 Å². The third kappa shape index (κ3) is 5.46. The van der Waals surface area contributed by atoms with Gasteiger partial charge in [0.15, 0.2) is 0 Å². The third-order valence-corrected chi connectivity index (χ3v) is 5.85. The minimum absolute atomic E-state index is 0.333. The average Bonchev–Trinajstić information content (AvgIpc) is 2.78. The molecule has 0 fully saturated rings. The molecular weight excluding hydrogens is 516 g/mol. The molecular formula is C27H20Br2O2. The summed E-state index contributed by atoms with van der Waals surface area (Å²) >= 11 is 6.87. The van der Waals surface area contributed by atoms with Crippen molar-refractivity contribution in [3.8, 4) is 11.5 Å². The summed E-state index contributed by atoms with van der Waals surface area (Å²) in [6, 6.07) is 33.9. The molecule has 0 atom stereocenters. The van der Waals surface area contributed by atoms with E-state index in [4.69, 9.17) is 4.74 Å². The lowest BCUT2D eigenvalue weighted by Gasteiger charge is -2.09. The van der Waals surface area contributed by atoms with Crippen molar-refractivity contribution in [1.82, 2.24) is 0 Å². The predicted octanol–water partition coefficient (Wildman–Crippen LogP) is 8.49. The SMILES string of the molecule is Brc1ccc2c(OCc3ccccc3)cccc2c1.Oc1cccc2cc(Br)ccc12. The molecule has 0 aliphatic carbocycles. The van der Waals surface area contributed by atoms with Gasteiger partial charge in [0.05, 0.1) is 0 Å². The van der Waals surface area contributed by atoms with E-state index < -0.39 is 0 Å². The second-order valence-corrected chi connectivity index (χ2v) is 8.87. The highest BCUT2D eigenvalue weighted by molar-refractivity contribution is 9.10. The number of rotatable bonds is 3. The van der Waals surface area contributed by atoms with Gasteiger partial charge in [-0.1, -0.05) is 86.5 Å². The van der Waals surface area contributed by atoms with Crippen LogP contribution in [0.1, 0.15) is 5.56 Å². The van der Waals surface area contributed by atoms with Crippen LogP contribution in [0.15, 0.2) is 112 Å². The van der Waals surface area contributed by atoms with E-state index in [0.29, 0.717) is 12.4 Å². The van der Waals surface area contributed by atoms with Crippen LogP contribution in [-0.4, -0.2) is 5.11 Å². The molecule has 0 unspecified atom stereocenters. The fourth-order valence-corrected chi connectivity index (χ4v) is 4.08. The maximum atomic E-state index is 9.45. The zero-order valence-corrected chi connectivity index (χ0v) is 19.8. The van der Waals surface area contributed by atoms with Crippen LogP contribution < -0.4 is 4.74 Å². The minimum atomic E-state index is 0.333. The van der Waals surface area contributed by atoms with Gasteiger partial charge in [-0.15, -0.1) is 0 Å². The first-order valence-corrected chi connectivity index (χ1v) is 11.4. The van der Waals surface area contributed by atoms with Crippen LogP contribution in [0, 0.1) is 0 Å². The number of hydrogen-bond acceptors (Lipinski definition) is 2. The molecule has 0 aliphatic rings. The monoisotopic (exact) mass is 534 g/mol. The number of phenols is 1. The van der Waals surface area contributed by atoms with Crippen LogP contribution in [0.25, 0.3) is 21.5 Å². The van der Waals surface area contributed by atoms with Gasteiger partial charge >= 0.3 is 0 Å². The van der Waals surface area contributed by atoms with Crippen LogP contribution >= 0.6 is 31.9 Å². The maximum Gasteiger partial charge on any atom is 0.127 e. The summed E-state index contributed by atoms with van der Waals surface area (Å²) in [7, 11) is 0. The quantitative estimate of drug-likeness (QED) is 0.251. The van der Waals surface area contributed by atoms with Gasteiger partial charge < -0.3 is 9.84 Å². The Morgan fingerprint density at radius 3 is 1.94 bits per heavy atom. The largest absolute Gasteiger partial charge is 0.507 e. The molecule has 0 saturated carbocycles. The lowest BCUT2D eigenvalue weighted by atomic mass is 10.1. The average molecular weight is 536 g/mol. The third-order valence-electron chi connectivity index (χ3n) is 4.86. The van der Waals surface area contributed by atoms with E-state index >= 15 is 0 Å². The zero-order chi connectivity index (χ0) is 21.6. The molecule has 5 aromatic rings. The van der Waals surface area contributed by atoms with E-state index in [2.05, 4.69) is 62.2 Å². The first-order chi connectivity index (χ1) is 15.1. The van der Waals surface area contributed by atoms with Crippen molar-refractivity contribution >= 4 is 53.4 Å². The van der Waals surface area contributed by atoms with Gasteiger partial charge in [0, 0.05) is 19.7 Å². The van der Waals surface area contributed by atoms with Crippen LogP contribution in [0.3, 0.4) is 0 Å². The van der Waals surface area contributed by atoms with Gasteiger partial charge in [-0.3, -0.25) is 0 Å². The van der Waals surface area contributed by atoms with Crippen molar-refractivity contribution in [2.75, 3.05) is 0 Å². The Bertz CT molecular complexity index is 1320. The second kappa shape index (κ2) is 9.99. The van der Waals surface area contributed by atoms with E-state index in [9.17, 15) is 5.11 Å². The maximum absolute atomic E-state index is 9.45. The lowest BCUT2D eigenvalue weighted by molar-refractivity contribution is 0.310. The smallest absolute Gasteiger partial charge is 0.127 e. The molecule has 31 heavy (non-hydrogen) atoms. The standard InChI is InChI=1S/C17H13BrO.C10H7BrO/c18-15-9-10-16-14(11-15)7-4-8-17(16)19-12-13-5-2-1-3-6-13;11-8-4-5-9-7(6-8)2-1-3-10(9)12/h1-11H,12H2;1-6,12H. The van der Waals surface area contributed by atoms with Crippen molar-refractivity contribution < 1.29 is 9.84 Å². The molecule has 0 radical (unpaired) electrons. The number of hydrogen-bond donors (Lipinski definition) is 1. The number of phenolic OH excluding ortho intramolecular Hbond substituents is 1. The number of benzene rings is 5. The summed E-state index contributed by atoms with van der Waals surface area (Å²) < 4.78 is 8.04. The van der Waals surface area contributed by atoms with Gasteiger partial charge in [0.2, 0.25) is 0 Å². The summed E-state index contributed by atoms with van der Waals surface area (Å²) in [5, 5.41) is 13.7. The molecule has 0 bridgehead atoms. The Morgan fingerprint density at radius 2 is 1.23 bits per heavy atom. The van der Waals surface area contributed by atoms with E-state index in [1.807, 2.05) is 66.7 Å². The van der Waals surface area contributed by atoms with Crippen LogP contribution in [0.4, 0.5) is 0 Å². The Balaban J connectivity index is 0.000000166. The van der Waals surface area contributed by atoms with Crippen molar-refractivity contribution in [3.05, 3.63) is 118 Å². The molecule has 0 aromatic heterocycles. The first kappa shape index (κ1) is 21.4. The fourth-order valence-electron chi connectivity index (χ4n) is 3.32. The highest BCUT2D eigenvalue weighted by atomic mass is 79.9. The normalized spacial score (nSPS) is 10.5. The molecule has 0 spiro atoms. The highest BCUT2D eigenvalue weighted by Gasteiger charge is 2.03. The summed E-state index contributed by atoms with van der Waals surface area (Å²) in [4.78, 5) is 0. The molecule has 0 heterocycles. The van der Waals surface area contributed by atoms with Crippen LogP contribution in [0.2, 0.25) is 0 Å². The molecule has 2 nitrogen and oxygen atoms in total. The zero-order valence-electron chi connectivity index (χ0n) is 16.6. The van der Waals surface area contributed by atoms with Gasteiger partial charge in [0.25, 0.3) is 0 Å². The Hall–Kier alpha value is -2.82. The second-order valence-electron chi connectivity index (χ2n) is 7.04. The van der Waals surface area contributed by atoms with E-state index in [0.717, 1.165) is 30.9 Å². The molecule has 5 rings (SSSR count). The highest BCUT2D eigenvalue weighted by Crippen LogP contribution is 2.29. The van der Waals surface area contributed by atoms with Crippen molar-refractivity contribution in [2.24, 2.45) is 0 Å². The van der Waals surface area contributed by atoms with Gasteiger partial charge in [0.1, 0.15) is 18.1 Å². The van der Waals surface area contributed by atoms with Crippen molar-refractivity contribution in [1.29, 1.82) is 0 Å². The summed E-state index contributed by atoms with van der Waals surface area (Å²) in [6.45, 7) is 0.593. The molecule has 4 heteroatoms. The molecule has 0 aliphatic heterocycles. The van der Waals surface area contributed by atoms with Gasteiger partial charge in [-0.25, -0.2) is 0 Å². The Labute approximate surface area is 198 Å². The molecule has 0 saturated heterocycles. The topological polar surface area (TPSA) is 29.5 Å².